The van der Waals surface area contributed by atoms with E-state index in [0.717, 1.165) is 11.1 Å². The van der Waals surface area contributed by atoms with Crippen molar-refractivity contribution in [3.8, 4) is 11.5 Å². The molecule has 29 heavy (non-hydrogen) atoms. The molecular weight excluding hydrogens is 374 g/mol. The molecular formula is C21H25N3O5. The number of carbonyl (C=O) groups excluding carboxylic acids is 3. The first kappa shape index (κ1) is 21.7. The quantitative estimate of drug-likeness (QED) is 0.591. The van der Waals surface area contributed by atoms with Crippen molar-refractivity contribution in [1.82, 2.24) is 10.9 Å². The van der Waals surface area contributed by atoms with Gasteiger partial charge in [0.2, 0.25) is 11.8 Å². The fourth-order valence-electron chi connectivity index (χ4n) is 2.33. The van der Waals surface area contributed by atoms with Crippen LogP contribution in [0.2, 0.25) is 0 Å². The number of anilines is 1. The lowest BCUT2D eigenvalue weighted by atomic mass is 10.1. The van der Waals surface area contributed by atoms with Gasteiger partial charge in [0.15, 0.2) is 6.61 Å². The molecule has 0 saturated carbocycles. The predicted octanol–water partition coefficient (Wildman–Crippen LogP) is 2.26. The van der Waals surface area contributed by atoms with Gasteiger partial charge in [-0.25, -0.2) is 0 Å². The Bertz CT molecular complexity index is 865. The number of hydrazine groups is 1. The van der Waals surface area contributed by atoms with Gasteiger partial charge in [0.25, 0.3) is 5.91 Å². The summed E-state index contributed by atoms with van der Waals surface area (Å²) in [6.45, 7) is 3.68. The average molecular weight is 399 g/mol. The van der Waals surface area contributed by atoms with Crippen LogP contribution in [0.4, 0.5) is 5.69 Å². The minimum absolute atomic E-state index is 0.00300. The molecule has 154 valence electrons. The predicted molar refractivity (Wildman–Crippen MR) is 109 cm³/mol. The van der Waals surface area contributed by atoms with Crippen LogP contribution >= 0.6 is 0 Å². The smallest absolute Gasteiger partial charge is 0.276 e. The van der Waals surface area contributed by atoms with Crippen LogP contribution < -0.4 is 25.6 Å². The Balaban J connectivity index is 1.64. The first-order valence-electron chi connectivity index (χ1n) is 9.09. The molecule has 0 aromatic heterocycles. The lowest BCUT2D eigenvalue weighted by molar-refractivity contribution is -0.130. The maximum absolute atomic E-state index is 11.9. The summed E-state index contributed by atoms with van der Waals surface area (Å²) in [7, 11) is 1.55. The van der Waals surface area contributed by atoms with E-state index >= 15 is 0 Å². The van der Waals surface area contributed by atoms with E-state index in [0.29, 0.717) is 17.2 Å². The topological polar surface area (TPSA) is 106 Å². The number of hydrogen-bond donors (Lipinski definition) is 3. The van der Waals surface area contributed by atoms with Gasteiger partial charge in [-0.05, 0) is 61.4 Å². The monoisotopic (exact) mass is 399 g/mol. The molecule has 0 unspecified atom stereocenters. The standard InChI is InChI=1S/C21H25N3O5/c1-14-4-5-16(12-15(14)2)22-19(25)10-11-20(26)23-24-21(27)13-29-18-8-6-17(28-3)7-9-18/h4-9,12H,10-11,13H2,1-3H3,(H,22,25)(H,23,26)(H,24,27). The van der Waals surface area contributed by atoms with Crippen LogP contribution in [0.25, 0.3) is 0 Å². The summed E-state index contributed by atoms with van der Waals surface area (Å²) in [5, 5.41) is 2.74. The Labute approximate surface area is 169 Å². The van der Waals surface area contributed by atoms with E-state index in [1.165, 1.54) is 0 Å². The lowest BCUT2D eigenvalue weighted by Crippen LogP contribution is -2.44. The van der Waals surface area contributed by atoms with Crippen molar-refractivity contribution < 1.29 is 23.9 Å². The van der Waals surface area contributed by atoms with Gasteiger partial charge in [-0.3, -0.25) is 25.2 Å². The van der Waals surface area contributed by atoms with E-state index in [4.69, 9.17) is 9.47 Å². The van der Waals surface area contributed by atoms with Crippen LogP contribution in [0.3, 0.4) is 0 Å². The molecule has 0 aliphatic rings. The molecule has 0 saturated heterocycles. The summed E-state index contributed by atoms with van der Waals surface area (Å²) in [6.07, 6.45) is -0.0622. The zero-order chi connectivity index (χ0) is 21.2. The molecule has 0 bridgehead atoms. The van der Waals surface area contributed by atoms with Gasteiger partial charge in [-0.15, -0.1) is 0 Å². The highest BCUT2D eigenvalue weighted by molar-refractivity contribution is 5.93. The van der Waals surface area contributed by atoms with Gasteiger partial charge in [-0.2, -0.15) is 0 Å². The third-order valence-corrected chi connectivity index (χ3v) is 4.14. The Morgan fingerprint density at radius 1 is 0.793 bits per heavy atom. The number of amides is 3. The Morgan fingerprint density at radius 3 is 2.07 bits per heavy atom. The van der Waals surface area contributed by atoms with Gasteiger partial charge in [0.05, 0.1) is 7.11 Å². The fraction of sp³-hybridized carbons (Fsp3) is 0.286. The minimum atomic E-state index is -0.520. The molecule has 0 spiro atoms. The van der Waals surface area contributed by atoms with E-state index < -0.39 is 11.8 Å². The van der Waals surface area contributed by atoms with Crippen LogP contribution in [0.1, 0.15) is 24.0 Å². The van der Waals surface area contributed by atoms with Gasteiger partial charge in [0, 0.05) is 18.5 Å². The van der Waals surface area contributed by atoms with Gasteiger partial charge < -0.3 is 14.8 Å². The Kier molecular flexibility index (Phi) is 8.02. The number of aryl methyl sites for hydroxylation is 2. The van der Waals surface area contributed by atoms with Crippen molar-refractivity contribution in [2.24, 2.45) is 0 Å². The summed E-state index contributed by atoms with van der Waals surface area (Å²) in [5.74, 6) is -0.102. The van der Waals surface area contributed by atoms with Gasteiger partial charge >= 0.3 is 0 Å². The van der Waals surface area contributed by atoms with Crippen molar-refractivity contribution in [2.45, 2.75) is 26.7 Å². The highest BCUT2D eigenvalue weighted by Gasteiger charge is 2.09. The number of ether oxygens (including phenoxy) is 2. The van der Waals surface area contributed by atoms with Gasteiger partial charge in [0.1, 0.15) is 11.5 Å². The van der Waals surface area contributed by atoms with Crippen molar-refractivity contribution in [3.63, 3.8) is 0 Å². The minimum Gasteiger partial charge on any atom is -0.497 e. The van der Waals surface area contributed by atoms with Crippen LogP contribution in [-0.2, 0) is 14.4 Å². The van der Waals surface area contributed by atoms with Crippen LogP contribution in [-0.4, -0.2) is 31.4 Å². The van der Waals surface area contributed by atoms with E-state index in [2.05, 4.69) is 16.2 Å². The van der Waals surface area contributed by atoms with E-state index in [1.54, 1.807) is 31.4 Å². The molecule has 0 fully saturated rings. The zero-order valence-electron chi connectivity index (χ0n) is 16.7. The lowest BCUT2D eigenvalue weighted by Gasteiger charge is -2.10. The molecule has 0 heterocycles. The van der Waals surface area contributed by atoms with Crippen LogP contribution in [0.5, 0.6) is 11.5 Å². The second-order valence-corrected chi connectivity index (χ2v) is 6.41. The molecule has 3 N–H and O–H groups in total. The number of nitrogens with one attached hydrogen (secondary N) is 3. The van der Waals surface area contributed by atoms with Crippen molar-refractivity contribution in [3.05, 3.63) is 53.6 Å². The molecule has 8 heteroatoms. The summed E-state index contributed by atoms with van der Waals surface area (Å²) in [4.78, 5) is 35.5. The Morgan fingerprint density at radius 2 is 1.41 bits per heavy atom. The first-order chi connectivity index (χ1) is 13.9. The third-order valence-electron chi connectivity index (χ3n) is 4.14. The summed E-state index contributed by atoms with van der Waals surface area (Å²) < 4.78 is 10.3. The van der Waals surface area contributed by atoms with Crippen molar-refractivity contribution in [1.29, 1.82) is 0 Å². The molecule has 0 aliphatic heterocycles. The van der Waals surface area contributed by atoms with Crippen molar-refractivity contribution >= 4 is 23.4 Å². The first-order valence-corrected chi connectivity index (χ1v) is 9.09. The molecule has 0 aliphatic carbocycles. The molecule has 2 aromatic rings. The maximum atomic E-state index is 11.9. The Hall–Kier alpha value is -3.55. The van der Waals surface area contributed by atoms with Crippen LogP contribution in [0.15, 0.2) is 42.5 Å². The van der Waals surface area contributed by atoms with Crippen LogP contribution in [0, 0.1) is 13.8 Å². The highest BCUT2D eigenvalue weighted by Crippen LogP contribution is 2.17. The molecule has 3 amide bonds. The second-order valence-electron chi connectivity index (χ2n) is 6.41. The molecule has 8 nitrogen and oxygen atoms in total. The highest BCUT2D eigenvalue weighted by atomic mass is 16.5. The zero-order valence-corrected chi connectivity index (χ0v) is 16.7. The third kappa shape index (κ3) is 7.53. The summed E-state index contributed by atoms with van der Waals surface area (Å²) >= 11 is 0. The van der Waals surface area contributed by atoms with Crippen molar-refractivity contribution in [2.75, 3.05) is 19.0 Å². The maximum Gasteiger partial charge on any atom is 0.276 e. The summed E-state index contributed by atoms with van der Waals surface area (Å²) in [5.41, 5.74) is 7.38. The normalized spacial score (nSPS) is 10.0. The fourth-order valence-corrected chi connectivity index (χ4v) is 2.33. The SMILES string of the molecule is COc1ccc(OCC(=O)NNC(=O)CCC(=O)Nc2ccc(C)c(C)c2)cc1. The molecule has 2 rings (SSSR count). The number of benzene rings is 2. The number of hydrogen-bond acceptors (Lipinski definition) is 5. The van der Waals surface area contributed by atoms with E-state index in [9.17, 15) is 14.4 Å². The summed E-state index contributed by atoms with van der Waals surface area (Å²) in [6, 6.07) is 12.3. The molecule has 0 radical (unpaired) electrons. The average Bonchev–Trinajstić information content (AvgIpc) is 2.72. The van der Waals surface area contributed by atoms with E-state index in [1.807, 2.05) is 32.0 Å². The largest absolute Gasteiger partial charge is 0.497 e. The number of rotatable bonds is 8. The second kappa shape index (κ2) is 10.7. The molecule has 2 aromatic carbocycles. The van der Waals surface area contributed by atoms with Gasteiger partial charge in [-0.1, -0.05) is 6.07 Å². The van der Waals surface area contributed by atoms with E-state index in [-0.39, 0.29) is 25.4 Å². The number of methoxy groups -OCH3 is 1. The molecule has 0 atom stereocenters. The number of carbonyl (C=O) groups is 3.